The highest BCUT2D eigenvalue weighted by atomic mass is 35.5. The lowest BCUT2D eigenvalue weighted by molar-refractivity contribution is -0.0176. The molecule has 0 spiro atoms. The minimum atomic E-state index is -0.846. The third-order valence-electron chi connectivity index (χ3n) is 3.69. The summed E-state index contributed by atoms with van der Waals surface area (Å²) in [6, 6.07) is 0. The van der Waals surface area contributed by atoms with E-state index >= 15 is 0 Å². The Kier molecular flexibility index (Phi) is 3.75. The zero-order valence-electron chi connectivity index (χ0n) is 10.8. The second kappa shape index (κ2) is 4.99. The third-order valence-corrected chi connectivity index (χ3v) is 4.05. The molecule has 0 aromatic carbocycles. The van der Waals surface area contributed by atoms with Crippen LogP contribution in [0.1, 0.15) is 24.5 Å². The molecule has 0 saturated carbocycles. The van der Waals surface area contributed by atoms with Gasteiger partial charge in [-0.15, -0.1) is 10.2 Å². The molecule has 1 aromatic heterocycles. The Bertz CT molecular complexity index is 455. The minimum Gasteiger partial charge on any atom is -0.385 e. The highest BCUT2D eigenvalue weighted by Gasteiger charge is 2.39. The van der Waals surface area contributed by atoms with Gasteiger partial charge in [-0.25, -0.2) is 0 Å². The largest absolute Gasteiger partial charge is 0.385 e. The molecule has 1 saturated heterocycles. The van der Waals surface area contributed by atoms with Crippen LogP contribution in [-0.4, -0.2) is 40.2 Å². The number of anilines is 1. The van der Waals surface area contributed by atoms with Gasteiger partial charge in [-0.2, -0.15) is 0 Å². The van der Waals surface area contributed by atoms with Gasteiger partial charge in [0, 0.05) is 19.6 Å². The lowest BCUT2D eigenvalue weighted by Crippen LogP contribution is -2.43. The summed E-state index contributed by atoms with van der Waals surface area (Å²) in [5.74, 6) is 0.657. The van der Waals surface area contributed by atoms with Crippen LogP contribution >= 0.6 is 11.6 Å². The molecule has 1 aliphatic rings. The standard InChI is InChI=1S/C12H18ClN3O2/c1-7-8(2)11(16-15-10(7)13)14-6-12(17)4-5-18-9(12)3/h9,17H,4-6H2,1-3H3,(H,14,16). The summed E-state index contributed by atoms with van der Waals surface area (Å²) in [6.45, 7) is 6.68. The monoisotopic (exact) mass is 271 g/mol. The zero-order chi connectivity index (χ0) is 13.3. The summed E-state index contributed by atoms with van der Waals surface area (Å²) >= 11 is 5.89. The normalized spacial score (nSPS) is 27.5. The van der Waals surface area contributed by atoms with Gasteiger partial charge in [-0.3, -0.25) is 0 Å². The average Bonchev–Trinajstić information content (AvgIpc) is 2.66. The van der Waals surface area contributed by atoms with Crippen LogP contribution in [0.3, 0.4) is 0 Å². The summed E-state index contributed by atoms with van der Waals surface area (Å²) < 4.78 is 5.38. The maximum Gasteiger partial charge on any atom is 0.155 e. The van der Waals surface area contributed by atoms with Gasteiger partial charge in [-0.05, 0) is 31.9 Å². The van der Waals surface area contributed by atoms with Crippen molar-refractivity contribution in [2.45, 2.75) is 38.9 Å². The van der Waals surface area contributed by atoms with Crippen molar-refractivity contribution in [3.8, 4) is 0 Å². The van der Waals surface area contributed by atoms with Crippen LogP contribution in [0, 0.1) is 13.8 Å². The van der Waals surface area contributed by atoms with Crippen LogP contribution in [0.25, 0.3) is 0 Å². The topological polar surface area (TPSA) is 67.3 Å². The van der Waals surface area contributed by atoms with E-state index in [2.05, 4.69) is 15.5 Å². The van der Waals surface area contributed by atoms with Gasteiger partial charge in [0.05, 0.1) is 6.10 Å². The molecule has 2 N–H and O–H groups in total. The summed E-state index contributed by atoms with van der Waals surface area (Å²) in [7, 11) is 0. The Labute approximate surface area is 112 Å². The number of aliphatic hydroxyl groups is 1. The third kappa shape index (κ3) is 2.43. The van der Waals surface area contributed by atoms with Crippen molar-refractivity contribution in [3.63, 3.8) is 0 Å². The second-order valence-corrected chi connectivity index (χ2v) is 5.17. The number of aromatic nitrogens is 2. The van der Waals surface area contributed by atoms with Crippen molar-refractivity contribution in [3.05, 3.63) is 16.3 Å². The van der Waals surface area contributed by atoms with Crippen LogP contribution in [0.4, 0.5) is 5.82 Å². The van der Waals surface area contributed by atoms with Crippen molar-refractivity contribution >= 4 is 17.4 Å². The van der Waals surface area contributed by atoms with E-state index < -0.39 is 5.60 Å². The molecule has 6 heteroatoms. The fourth-order valence-electron chi connectivity index (χ4n) is 1.98. The molecule has 2 unspecified atom stereocenters. The Balaban J connectivity index is 2.09. The Morgan fingerprint density at radius 2 is 2.17 bits per heavy atom. The molecule has 1 fully saturated rings. The van der Waals surface area contributed by atoms with Crippen molar-refractivity contribution in [2.75, 3.05) is 18.5 Å². The molecule has 0 aliphatic carbocycles. The first-order valence-corrected chi connectivity index (χ1v) is 6.39. The number of hydrogen-bond donors (Lipinski definition) is 2. The molecule has 100 valence electrons. The number of ether oxygens (including phenoxy) is 1. The van der Waals surface area contributed by atoms with E-state index in [9.17, 15) is 5.11 Å². The van der Waals surface area contributed by atoms with Crippen LogP contribution in [0.5, 0.6) is 0 Å². The Morgan fingerprint density at radius 1 is 1.44 bits per heavy atom. The number of nitrogens with one attached hydrogen (secondary N) is 1. The van der Waals surface area contributed by atoms with E-state index in [1.165, 1.54) is 0 Å². The van der Waals surface area contributed by atoms with Crippen LogP contribution in [0.15, 0.2) is 0 Å². The molecule has 5 nitrogen and oxygen atoms in total. The first kappa shape index (κ1) is 13.5. The van der Waals surface area contributed by atoms with Gasteiger partial charge in [0.1, 0.15) is 5.60 Å². The second-order valence-electron chi connectivity index (χ2n) is 4.81. The van der Waals surface area contributed by atoms with Gasteiger partial charge in [0.25, 0.3) is 0 Å². The summed E-state index contributed by atoms with van der Waals surface area (Å²) in [4.78, 5) is 0. The molecule has 1 aromatic rings. The fourth-order valence-corrected chi connectivity index (χ4v) is 2.16. The van der Waals surface area contributed by atoms with Crippen LogP contribution in [0.2, 0.25) is 5.15 Å². The van der Waals surface area contributed by atoms with E-state index in [0.717, 1.165) is 11.1 Å². The maximum absolute atomic E-state index is 10.4. The van der Waals surface area contributed by atoms with Gasteiger partial charge in [0.15, 0.2) is 11.0 Å². The minimum absolute atomic E-state index is 0.174. The first-order chi connectivity index (χ1) is 8.44. The highest BCUT2D eigenvalue weighted by Crippen LogP contribution is 2.27. The van der Waals surface area contributed by atoms with Crippen molar-refractivity contribution < 1.29 is 9.84 Å². The van der Waals surface area contributed by atoms with E-state index in [0.29, 0.717) is 30.5 Å². The summed E-state index contributed by atoms with van der Waals surface area (Å²) in [5.41, 5.74) is 1.00. The van der Waals surface area contributed by atoms with Crippen molar-refractivity contribution in [1.29, 1.82) is 0 Å². The Morgan fingerprint density at radius 3 is 2.78 bits per heavy atom. The molecule has 2 atom stereocenters. The molecule has 18 heavy (non-hydrogen) atoms. The molecular formula is C12H18ClN3O2. The SMILES string of the molecule is Cc1c(Cl)nnc(NCC2(O)CCOC2C)c1C. The zero-order valence-corrected chi connectivity index (χ0v) is 11.6. The average molecular weight is 272 g/mol. The molecule has 0 bridgehead atoms. The lowest BCUT2D eigenvalue weighted by Gasteiger charge is -2.26. The molecule has 2 rings (SSSR count). The van der Waals surface area contributed by atoms with Gasteiger partial charge in [-0.1, -0.05) is 11.6 Å². The predicted octanol–water partition coefficient (Wildman–Crippen LogP) is 1.70. The maximum atomic E-state index is 10.4. The number of hydrogen-bond acceptors (Lipinski definition) is 5. The van der Waals surface area contributed by atoms with Crippen molar-refractivity contribution in [1.82, 2.24) is 10.2 Å². The fraction of sp³-hybridized carbons (Fsp3) is 0.667. The van der Waals surface area contributed by atoms with Gasteiger partial charge in [0.2, 0.25) is 0 Å². The smallest absolute Gasteiger partial charge is 0.155 e. The van der Waals surface area contributed by atoms with E-state index in [1.54, 1.807) is 0 Å². The summed E-state index contributed by atoms with van der Waals surface area (Å²) in [5, 5.41) is 21.8. The van der Waals surface area contributed by atoms with Gasteiger partial charge < -0.3 is 15.2 Å². The molecule has 2 heterocycles. The molecule has 1 aliphatic heterocycles. The molecular weight excluding hydrogens is 254 g/mol. The van der Waals surface area contributed by atoms with Crippen molar-refractivity contribution in [2.24, 2.45) is 0 Å². The lowest BCUT2D eigenvalue weighted by atomic mass is 9.96. The predicted molar refractivity (Wildman–Crippen MR) is 70.0 cm³/mol. The number of rotatable bonds is 3. The van der Waals surface area contributed by atoms with E-state index in [-0.39, 0.29) is 6.10 Å². The highest BCUT2D eigenvalue weighted by molar-refractivity contribution is 6.30. The number of nitrogens with zero attached hydrogens (tertiary/aromatic N) is 2. The number of halogens is 1. The Hall–Kier alpha value is -0.910. The van der Waals surface area contributed by atoms with E-state index in [1.807, 2.05) is 20.8 Å². The van der Waals surface area contributed by atoms with Gasteiger partial charge >= 0.3 is 0 Å². The van der Waals surface area contributed by atoms with Crippen LogP contribution < -0.4 is 5.32 Å². The first-order valence-electron chi connectivity index (χ1n) is 6.01. The van der Waals surface area contributed by atoms with E-state index in [4.69, 9.17) is 16.3 Å². The molecule has 0 radical (unpaired) electrons. The van der Waals surface area contributed by atoms with Crippen LogP contribution in [-0.2, 0) is 4.74 Å². The quantitative estimate of drug-likeness (QED) is 0.876. The summed E-state index contributed by atoms with van der Waals surface area (Å²) in [6.07, 6.45) is 0.451. The molecule has 0 amide bonds.